The Morgan fingerprint density at radius 1 is 0.955 bits per heavy atom. The molecular formula is C20H26N2. The first-order valence-electron chi connectivity index (χ1n) is 8.22. The van der Waals surface area contributed by atoms with Gasteiger partial charge >= 0.3 is 0 Å². The maximum atomic E-state index is 3.55. The Morgan fingerprint density at radius 2 is 1.59 bits per heavy atom. The van der Waals surface area contributed by atoms with E-state index in [4.69, 9.17) is 0 Å². The lowest BCUT2D eigenvalue weighted by Crippen LogP contribution is -2.47. The quantitative estimate of drug-likeness (QED) is 0.854. The van der Waals surface area contributed by atoms with E-state index in [1.54, 1.807) is 0 Å². The molecule has 1 fully saturated rings. The number of hydrogen-bond donors (Lipinski definition) is 2. The number of nitrogens with one attached hydrogen (secondary N) is 2. The highest BCUT2D eigenvalue weighted by atomic mass is 15.0. The van der Waals surface area contributed by atoms with E-state index in [9.17, 15) is 0 Å². The highest BCUT2D eigenvalue weighted by molar-refractivity contribution is 5.38. The number of hydrogen-bond acceptors (Lipinski definition) is 2. The van der Waals surface area contributed by atoms with Gasteiger partial charge in [0.25, 0.3) is 0 Å². The second-order valence-corrected chi connectivity index (χ2v) is 6.84. The molecule has 0 radical (unpaired) electrons. The molecule has 1 saturated heterocycles. The number of rotatable bonds is 6. The average molecular weight is 294 g/mol. The van der Waals surface area contributed by atoms with Crippen molar-refractivity contribution < 1.29 is 0 Å². The lowest BCUT2D eigenvalue weighted by atomic mass is 9.78. The maximum Gasteiger partial charge on any atom is 0.0205 e. The van der Waals surface area contributed by atoms with Crippen LogP contribution in [0.3, 0.4) is 0 Å². The first-order valence-corrected chi connectivity index (χ1v) is 8.22. The van der Waals surface area contributed by atoms with Crippen molar-refractivity contribution in [2.75, 3.05) is 19.6 Å². The molecule has 0 unspecified atom stereocenters. The monoisotopic (exact) mass is 294 g/mol. The SMILES string of the molecule is CC(C)(c1ccccc1)c1ccc(CNCC2CNC2)cc1. The van der Waals surface area contributed by atoms with Crippen LogP contribution in [0.2, 0.25) is 0 Å². The fourth-order valence-electron chi connectivity index (χ4n) is 2.97. The summed E-state index contributed by atoms with van der Waals surface area (Å²) in [7, 11) is 0. The molecule has 2 N–H and O–H groups in total. The molecule has 0 amide bonds. The van der Waals surface area contributed by atoms with Gasteiger partial charge in [-0.05, 0) is 22.6 Å². The maximum absolute atomic E-state index is 3.55. The van der Waals surface area contributed by atoms with Crippen molar-refractivity contribution in [1.29, 1.82) is 0 Å². The summed E-state index contributed by atoms with van der Waals surface area (Å²) in [6.45, 7) is 8.99. The molecule has 1 heterocycles. The first kappa shape index (κ1) is 15.3. The van der Waals surface area contributed by atoms with Crippen molar-refractivity contribution in [1.82, 2.24) is 10.6 Å². The number of benzene rings is 2. The van der Waals surface area contributed by atoms with Crippen LogP contribution in [0.25, 0.3) is 0 Å². The summed E-state index contributed by atoms with van der Waals surface area (Å²) in [5.41, 5.74) is 4.13. The first-order chi connectivity index (χ1) is 10.7. The Balaban J connectivity index is 1.63. The molecule has 1 aliphatic rings. The van der Waals surface area contributed by atoms with E-state index in [1.165, 1.54) is 16.7 Å². The van der Waals surface area contributed by atoms with E-state index < -0.39 is 0 Å². The molecule has 22 heavy (non-hydrogen) atoms. The second kappa shape index (κ2) is 6.64. The average Bonchev–Trinajstić information content (AvgIpc) is 2.51. The van der Waals surface area contributed by atoms with Crippen molar-refractivity contribution in [3.05, 3.63) is 71.3 Å². The van der Waals surface area contributed by atoms with Gasteiger partial charge in [0, 0.05) is 31.6 Å². The van der Waals surface area contributed by atoms with Gasteiger partial charge in [-0.1, -0.05) is 68.4 Å². The molecule has 116 valence electrons. The van der Waals surface area contributed by atoms with Crippen molar-refractivity contribution in [3.8, 4) is 0 Å². The summed E-state index contributed by atoms with van der Waals surface area (Å²) in [5, 5.41) is 6.86. The Labute approximate surface area is 134 Å². The molecule has 0 aromatic heterocycles. The second-order valence-electron chi connectivity index (χ2n) is 6.84. The summed E-state index contributed by atoms with van der Waals surface area (Å²) < 4.78 is 0. The predicted molar refractivity (Wildman–Crippen MR) is 93.1 cm³/mol. The summed E-state index contributed by atoms with van der Waals surface area (Å²) >= 11 is 0. The van der Waals surface area contributed by atoms with Gasteiger partial charge in [-0.25, -0.2) is 0 Å². The van der Waals surface area contributed by atoms with Crippen molar-refractivity contribution in [3.63, 3.8) is 0 Å². The zero-order valence-electron chi connectivity index (χ0n) is 13.6. The summed E-state index contributed by atoms with van der Waals surface area (Å²) in [6.07, 6.45) is 0. The third kappa shape index (κ3) is 3.40. The van der Waals surface area contributed by atoms with E-state index in [-0.39, 0.29) is 5.41 Å². The predicted octanol–water partition coefficient (Wildman–Crippen LogP) is 3.32. The van der Waals surface area contributed by atoms with Crippen molar-refractivity contribution in [2.45, 2.75) is 25.8 Å². The van der Waals surface area contributed by atoms with E-state index in [2.05, 4.69) is 79.1 Å². The van der Waals surface area contributed by atoms with Crippen LogP contribution in [0.4, 0.5) is 0 Å². The molecule has 2 nitrogen and oxygen atoms in total. The Morgan fingerprint density at radius 3 is 2.18 bits per heavy atom. The van der Waals surface area contributed by atoms with Gasteiger partial charge in [0.2, 0.25) is 0 Å². The Kier molecular flexibility index (Phi) is 4.60. The molecule has 2 aromatic carbocycles. The highest BCUT2D eigenvalue weighted by Gasteiger charge is 2.22. The largest absolute Gasteiger partial charge is 0.316 e. The van der Waals surface area contributed by atoms with Crippen LogP contribution in [-0.2, 0) is 12.0 Å². The smallest absolute Gasteiger partial charge is 0.0205 e. The zero-order valence-corrected chi connectivity index (χ0v) is 13.6. The standard InChI is InChI=1S/C20H26N2/c1-20(2,18-6-4-3-5-7-18)19-10-8-16(9-11-19)12-21-13-17-14-22-15-17/h3-11,17,21-22H,12-15H2,1-2H3. The molecule has 0 spiro atoms. The van der Waals surface area contributed by atoms with Crippen LogP contribution >= 0.6 is 0 Å². The van der Waals surface area contributed by atoms with Gasteiger partial charge in [0.15, 0.2) is 0 Å². The molecule has 2 heteroatoms. The molecule has 0 bridgehead atoms. The van der Waals surface area contributed by atoms with E-state index >= 15 is 0 Å². The summed E-state index contributed by atoms with van der Waals surface area (Å²) in [5.74, 6) is 0.816. The van der Waals surface area contributed by atoms with E-state index in [0.717, 1.165) is 32.1 Å². The van der Waals surface area contributed by atoms with Crippen LogP contribution in [0.15, 0.2) is 54.6 Å². The van der Waals surface area contributed by atoms with Crippen LogP contribution in [0.1, 0.15) is 30.5 Å². The lowest BCUT2D eigenvalue weighted by Gasteiger charge is -2.27. The third-order valence-electron chi connectivity index (χ3n) is 4.80. The van der Waals surface area contributed by atoms with Gasteiger partial charge in [-0.3, -0.25) is 0 Å². The van der Waals surface area contributed by atoms with Crippen molar-refractivity contribution in [2.24, 2.45) is 5.92 Å². The Hall–Kier alpha value is -1.64. The molecule has 0 saturated carbocycles. The zero-order chi connectivity index (χ0) is 15.4. The minimum absolute atomic E-state index is 0.0464. The molecule has 0 aliphatic carbocycles. The van der Waals surface area contributed by atoms with Gasteiger partial charge in [0.05, 0.1) is 0 Å². The highest BCUT2D eigenvalue weighted by Crippen LogP contribution is 2.31. The Bertz CT molecular complexity index is 583. The van der Waals surface area contributed by atoms with E-state index in [0.29, 0.717) is 0 Å². The van der Waals surface area contributed by atoms with Gasteiger partial charge in [-0.2, -0.15) is 0 Å². The minimum Gasteiger partial charge on any atom is -0.316 e. The lowest BCUT2D eigenvalue weighted by molar-refractivity contribution is 0.331. The normalized spacial score (nSPS) is 15.5. The van der Waals surface area contributed by atoms with Crippen LogP contribution < -0.4 is 10.6 Å². The minimum atomic E-state index is 0.0464. The van der Waals surface area contributed by atoms with Gasteiger partial charge < -0.3 is 10.6 Å². The fraction of sp³-hybridized carbons (Fsp3) is 0.400. The van der Waals surface area contributed by atoms with Gasteiger partial charge in [-0.15, -0.1) is 0 Å². The van der Waals surface area contributed by atoms with Crippen LogP contribution in [-0.4, -0.2) is 19.6 Å². The van der Waals surface area contributed by atoms with E-state index in [1.807, 2.05) is 0 Å². The molecule has 3 rings (SSSR count). The van der Waals surface area contributed by atoms with Gasteiger partial charge in [0.1, 0.15) is 0 Å². The molecule has 2 aromatic rings. The van der Waals surface area contributed by atoms with Crippen LogP contribution in [0.5, 0.6) is 0 Å². The van der Waals surface area contributed by atoms with Crippen LogP contribution in [0, 0.1) is 5.92 Å². The molecule has 1 aliphatic heterocycles. The summed E-state index contributed by atoms with van der Waals surface area (Å²) in [6, 6.07) is 19.8. The summed E-state index contributed by atoms with van der Waals surface area (Å²) in [4.78, 5) is 0. The molecule has 0 atom stereocenters. The fourth-order valence-corrected chi connectivity index (χ4v) is 2.97. The topological polar surface area (TPSA) is 24.1 Å². The molecular weight excluding hydrogens is 268 g/mol. The van der Waals surface area contributed by atoms with Crippen molar-refractivity contribution >= 4 is 0 Å². The third-order valence-corrected chi connectivity index (χ3v) is 4.80.